The van der Waals surface area contributed by atoms with E-state index in [2.05, 4.69) is 0 Å². The molecule has 1 atom stereocenters. The van der Waals surface area contributed by atoms with Crippen LogP contribution >= 0.6 is 0 Å². The highest BCUT2D eigenvalue weighted by atomic mass is 16.5. The van der Waals surface area contributed by atoms with Gasteiger partial charge in [-0.1, -0.05) is 12.1 Å². The summed E-state index contributed by atoms with van der Waals surface area (Å²) in [5, 5.41) is 0. The van der Waals surface area contributed by atoms with Crippen molar-refractivity contribution >= 4 is 17.8 Å². The highest BCUT2D eigenvalue weighted by Crippen LogP contribution is 2.33. The molecule has 0 radical (unpaired) electrons. The maximum Gasteiger partial charge on any atom is 0.326 e. The average molecular weight is 361 g/mol. The number of para-hydroxylation sites is 1. The lowest BCUT2D eigenvalue weighted by molar-refractivity contribution is -0.137. The number of carbonyl (C=O) groups excluding carboxylic acids is 3. The van der Waals surface area contributed by atoms with E-state index in [1.54, 1.807) is 19.1 Å². The molecular weight excluding hydrogens is 338 g/mol. The summed E-state index contributed by atoms with van der Waals surface area (Å²) >= 11 is 0. The van der Waals surface area contributed by atoms with Crippen LogP contribution in [-0.4, -0.2) is 72.9 Å². The zero-order valence-electron chi connectivity index (χ0n) is 15.2. The predicted octanol–water partition coefficient (Wildman–Crippen LogP) is 1.09. The lowest BCUT2D eigenvalue weighted by Gasteiger charge is -2.28. The van der Waals surface area contributed by atoms with Crippen molar-refractivity contribution in [3.8, 4) is 11.5 Å². The van der Waals surface area contributed by atoms with Gasteiger partial charge in [-0.05, 0) is 12.5 Å². The standard InChI is InChI=1S/C18H23N3O5/c1-19-13(17(23)20(2)18(19)24)10-15(22)21-8-5-9-26-16-12(11-21)6-4-7-14(16)25-3/h4,6-7,13H,5,8-11H2,1-3H3/t13-/m1/s1. The third kappa shape index (κ3) is 3.18. The summed E-state index contributed by atoms with van der Waals surface area (Å²) in [7, 11) is 4.56. The van der Waals surface area contributed by atoms with Crippen molar-refractivity contribution in [2.45, 2.75) is 25.4 Å². The van der Waals surface area contributed by atoms with E-state index < -0.39 is 6.04 Å². The van der Waals surface area contributed by atoms with Crippen LogP contribution in [0.1, 0.15) is 18.4 Å². The average Bonchev–Trinajstić information content (AvgIpc) is 2.79. The molecule has 0 aromatic heterocycles. The summed E-state index contributed by atoms with van der Waals surface area (Å²) in [5.41, 5.74) is 0.858. The Morgan fingerprint density at radius 1 is 1.31 bits per heavy atom. The van der Waals surface area contributed by atoms with Gasteiger partial charge in [-0.25, -0.2) is 4.79 Å². The van der Waals surface area contributed by atoms with Crippen LogP contribution in [0.2, 0.25) is 0 Å². The molecule has 0 N–H and O–H groups in total. The van der Waals surface area contributed by atoms with Gasteiger partial charge >= 0.3 is 6.03 Å². The first-order valence-electron chi connectivity index (χ1n) is 8.55. The number of benzene rings is 1. The SMILES string of the molecule is COc1cccc2c1OCCCN(C(=O)C[C@@H]1C(=O)N(C)C(=O)N1C)C2. The smallest absolute Gasteiger partial charge is 0.326 e. The van der Waals surface area contributed by atoms with Crippen LogP contribution < -0.4 is 9.47 Å². The van der Waals surface area contributed by atoms with E-state index >= 15 is 0 Å². The van der Waals surface area contributed by atoms with Crippen molar-refractivity contribution in [2.75, 3.05) is 34.4 Å². The minimum absolute atomic E-state index is 0.0222. The molecule has 0 bridgehead atoms. The molecule has 0 aliphatic carbocycles. The minimum atomic E-state index is -0.744. The maximum absolute atomic E-state index is 12.8. The fourth-order valence-corrected chi connectivity index (χ4v) is 3.31. The molecule has 8 heteroatoms. The van der Waals surface area contributed by atoms with Crippen LogP contribution in [-0.2, 0) is 16.1 Å². The third-order valence-corrected chi connectivity index (χ3v) is 4.85. The number of nitrogens with zero attached hydrogens (tertiary/aromatic N) is 3. The molecule has 2 aliphatic heterocycles. The number of hydrogen-bond acceptors (Lipinski definition) is 5. The molecule has 0 unspecified atom stereocenters. The Bertz CT molecular complexity index is 736. The van der Waals surface area contributed by atoms with Crippen LogP contribution in [0.5, 0.6) is 11.5 Å². The Morgan fingerprint density at radius 3 is 2.73 bits per heavy atom. The second-order valence-electron chi connectivity index (χ2n) is 6.48. The van der Waals surface area contributed by atoms with Crippen LogP contribution in [0.25, 0.3) is 0 Å². The highest BCUT2D eigenvalue weighted by molar-refractivity contribution is 6.05. The topological polar surface area (TPSA) is 79.4 Å². The van der Waals surface area contributed by atoms with Crippen LogP contribution in [0.15, 0.2) is 18.2 Å². The Balaban J connectivity index is 1.77. The van der Waals surface area contributed by atoms with E-state index in [1.165, 1.54) is 11.9 Å². The number of likely N-dealkylation sites (N-methyl/N-ethyl adjacent to an activating group) is 2. The fraction of sp³-hybridized carbons (Fsp3) is 0.500. The van der Waals surface area contributed by atoms with Gasteiger partial charge in [0.15, 0.2) is 11.5 Å². The molecule has 4 amide bonds. The highest BCUT2D eigenvalue weighted by Gasteiger charge is 2.42. The van der Waals surface area contributed by atoms with Crippen molar-refractivity contribution in [2.24, 2.45) is 0 Å². The number of imide groups is 1. The predicted molar refractivity (Wildman–Crippen MR) is 92.9 cm³/mol. The van der Waals surface area contributed by atoms with Crippen LogP contribution in [0, 0.1) is 0 Å². The van der Waals surface area contributed by atoms with Crippen molar-refractivity contribution in [1.29, 1.82) is 0 Å². The van der Waals surface area contributed by atoms with Gasteiger partial charge in [0.05, 0.1) is 20.1 Å². The summed E-state index contributed by atoms with van der Waals surface area (Å²) in [6.07, 6.45) is 0.655. The van der Waals surface area contributed by atoms with Gasteiger partial charge in [0.2, 0.25) is 5.91 Å². The summed E-state index contributed by atoms with van der Waals surface area (Å²) in [4.78, 5) is 41.0. The molecule has 1 fully saturated rings. The first kappa shape index (κ1) is 18.0. The van der Waals surface area contributed by atoms with E-state index in [0.29, 0.717) is 37.6 Å². The second-order valence-corrected chi connectivity index (χ2v) is 6.48. The first-order valence-corrected chi connectivity index (χ1v) is 8.55. The molecule has 8 nitrogen and oxygen atoms in total. The van der Waals surface area contributed by atoms with Gasteiger partial charge in [0.25, 0.3) is 5.91 Å². The van der Waals surface area contributed by atoms with Gasteiger partial charge in [-0.3, -0.25) is 14.5 Å². The largest absolute Gasteiger partial charge is 0.493 e. The van der Waals surface area contributed by atoms with Crippen molar-refractivity contribution < 1.29 is 23.9 Å². The van der Waals surface area contributed by atoms with Crippen molar-refractivity contribution in [1.82, 2.24) is 14.7 Å². The Labute approximate surface area is 152 Å². The second kappa shape index (κ2) is 7.23. The van der Waals surface area contributed by atoms with Gasteiger partial charge in [-0.15, -0.1) is 0 Å². The quantitative estimate of drug-likeness (QED) is 0.753. The number of urea groups is 1. The normalized spacial score (nSPS) is 20.4. The van der Waals surface area contributed by atoms with Gasteiger partial charge in [-0.2, -0.15) is 0 Å². The number of carbonyl (C=O) groups is 3. The minimum Gasteiger partial charge on any atom is -0.493 e. The van der Waals surface area contributed by atoms with E-state index in [4.69, 9.17) is 9.47 Å². The Morgan fingerprint density at radius 2 is 2.08 bits per heavy atom. The lowest BCUT2D eigenvalue weighted by Crippen LogP contribution is -2.40. The summed E-state index contributed by atoms with van der Waals surface area (Å²) in [6.45, 7) is 1.38. The molecule has 3 rings (SSSR count). The van der Waals surface area contributed by atoms with Gasteiger partial charge < -0.3 is 19.3 Å². The molecule has 26 heavy (non-hydrogen) atoms. The molecule has 2 heterocycles. The number of ether oxygens (including phenoxy) is 2. The van der Waals surface area contributed by atoms with Gasteiger partial charge in [0.1, 0.15) is 6.04 Å². The summed E-state index contributed by atoms with van der Waals surface area (Å²) < 4.78 is 11.1. The zero-order chi connectivity index (χ0) is 18.8. The monoisotopic (exact) mass is 361 g/mol. The molecule has 0 saturated carbocycles. The third-order valence-electron chi connectivity index (χ3n) is 4.85. The first-order chi connectivity index (χ1) is 12.4. The van der Waals surface area contributed by atoms with Crippen molar-refractivity contribution in [3.63, 3.8) is 0 Å². The number of rotatable bonds is 3. The number of fused-ring (bicyclic) bond motifs is 1. The molecule has 0 spiro atoms. The van der Waals surface area contributed by atoms with Crippen molar-refractivity contribution in [3.05, 3.63) is 23.8 Å². The number of amides is 4. The lowest BCUT2D eigenvalue weighted by atomic mass is 10.1. The fourth-order valence-electron chi connectivity index (χ4n) is 3.31. The maximum atomic E-state index is 12.8. The Hall–Kier alpha value is -2.77. The zero-order valence-corrected chi connectivity index (χ0v) is 15.2. The van der Waals surface area contributed by atoms with Crippen LogP contribution in [0.4, 0.5) is 4.79 Å². The molecule has 2 aliphatic rings. The molecule has 1 aromatic carbocycles. The number of hydrogen-bond donors (Lipinski definition) is 0. The summed E-state index contributed by atoms with van der Waals surface area (Å²) in [6, 6.07) is 4.44. The molecule has 1 saturated heterocycles. The van der Waals surface area contributed by atoms with Gasteiger partial charge in [0, 0.05) is 32.7 Å². The molecule has 140 valence electrons. The Kier molecular flexibility index (Phi) is 5.01. The molecular formula is C18H23N3O5. The number of methoxy groups -OCH3 is 1. The van der Waals surface area contributed by atoms with E-state index in [1.807, 2.05) is 18.2 Å². The van der Waals surface area contributed by atoms with Crippen LogP contribution in [0.3, 0.4) is 0 Å². The van der Waals surface area contributed by atoms with E-state index in [-0.39, 0.29) is 24.3 Å². The molecule has 1 aromatic rings. The van der Waals surface area contributed by atoms with E-state index in [0.717, 1.165) is 10.5 Å². The summed E-state index contributed by atoms with van der Waals surface area (Å²) in [5.74, 6) is 0.781. The van der Waals surface area contributed by atoms with E-state index in [9.17, 15) is 14.4 Å².